The molecular weight excluding hydrogens is 330 g/mol. The van der Waals surface area contributed by atoms with E-state index < -0.39 is 8.32 Å². The van der Waals surface area contributed by atoms with Crippen LogP contribution in [0, 0.1) is 0 Å². The summed E-state index contributed by atoms with van der Waals surface area (Å²) in [4.78, 5) is 26.9. The molecule has 0 bridgehead atoms. The van der Waals surface area contributed by atoms with Gasteiger partial charge in [-0.1, -0.05) is 39.0 Å². The van der Waals surface area contributed by atoms with Crippen LogP contribution in [0.4, 0.5) is 0 Å². The predicted molar refractivity (Wildman–Crippen MR) is 103 cm³/mol. The van der Waals surface area contributed by atoms with Crippen molar-refractivity contribution in [1.82, 2.24) is 4.90 Å². The Kier molecular flexibility index (Phi) is 6.22. The first-order valence-corrected chi connectivity index (χ1v) is 12.1. The van der Waals surface area contributed by atoms with Crippen molar-refractivity contribution >= 4 is 20.1 Å². The van der Waals surface area contributed by atoms with Crippen LogP contribution in [-0.2, 0) is 9.22 Å². The molecule has 0 spiro atoms. The lowest BCUT2D eigenvalue weighted by molar-refractivity contribution is -0.131. The summed E-state index contributed by atoms with van der Waals surface area (Å²) in [6, 6.07) is 9.04. The van der Waals surface area contributed by atoms with E-state index in [0.717, 1.165) is 19.3 Å². The molecule has 0 radical (unpaired) electrons. The van der Waals surface area contributed by atoms with Crippen molar-refractivity contribution in [2.75, 3.05) is 6.54 Å². The third-order valence-corrected chi connectivity index (χ3v) is 9.93. The van der Waals surface area contributed by atoms with Gasteiger partial charge < -0.3 is 4.43 Å². The van der Waals surface area contributed by atoms with Crippen LogP contribution < -0.4 is 0 Å². The second-order valence-electron chi connectivity index (χ2n) is 8.42. The van der Waals surface area contributed by atoms with E-state index in [0.29, 0.717) is 18.5 Å². The molecule has 1 aromatic carbocycles. The minimum atomic E-state index is -1.93. The lowest BCUT2D eigenvalue weighted by atomic mass is 10.0. The molecule has 1 heterocycles. The number of hydrogen-bond acceptors (Lipinski definition) is 3. The van der Waals surface area contributed by atoms with Gasteiger partial charge in [-0.25, -0.2) is 0 Å². The summed E-state index contributed by atoms with van der Waals surface area (Å²) in [5, 5.41) is 0.109. The second-order valence-corrected chi connectivity index (χ2v) is 13.2. The van der Waals surface area contributed by atoms with E-state index in [1.165, 1.54) is 4.90 Å². The molecule has 1 saturated heterocycles. The molecule has 1 unspecified atom stereocenters. The summed E-state index contributed by atoms with van der Waals surface area (Å²) in [7, 11) is -1.93. The summed E-state index contributed by atoms with van der Waals surface area (Å²) in [6.07, 6.45) is 2.92. The Labute approximate surface area is 152 Å². The van der Waals surface area contributed by atoms with Crippen LogP contribution in [0.25, 0.3) is 0 Å². The standard InChI is InChI=1S/C20H31NO3Si/c1-20(2,3)25(4,5)24-17-13-9-10-14-21(18(22)15-17)19(23)16-11-7-6-8-12-16/h6-8,11-12,17H,9-10,13-15H2,1-5H3. The van der Waals surface area contributed by atoms with Crippen molar-refractivity contribution in [2.24, 2.45) is 0 Å². The normalized spacial score (nSPS) is 20.1. The van der Waals surface area contributed by atoms with Gasteiger partial charge in [-0.05, 0) is 49.5 Å². The third-order valence-electron chi connectivity index (χ3n) is 5.39. The van der Waals surface area contributed by atoms with E-state index in [4.69, 9.17) is 4.43 Å². The summed E-state index contributed by atoms with van der Waals surface area (Å²) < 4.78 is 6.46. The van der Waals surface area contributed by atoms with E-state index in [-0.39, 0.29) is 23.0 Å². The minimum Gasteiger partial charge on any atom is -0.413 e. The number of amides is 2. The number of carbonyl (C=O) groups is 2. The van der Waals surface area contributed by atoms with Crippen LogP contribution in [0.3, 0.4) is 0 Å². The van der Waals surface area contributed by atoms with Crippen LogP contribution in [-0.4, -0.2) is 37.7 Å². The van der Waals surface area contributed by atoms with Crippen LogP contribution in [0.15, 0.2) is 30.3 Å². The van der Waals surface area contributed by atoms with Crippen molar-refractivity contribution in [3.8, 4) is 0 Å². The molecule has 1 fully saturated rings. The summed E-state index contributed by atoms with van der Waals surface area (Å²) >= 11 is 0. The quantitative estimate of drug-likeness (QED) is 0.583. The van der Waals surface area contributed by atoms with Gasteiger partial charge in [0.05, 0.1) is 12.5 Å². The van der Waals surface area contributed by atoms with Gasteiger partial charge in [0.2, 0.25) is 5.91 Å². The van der Waals surface area contributed by atoms with Crippen molar-refractivity contribution in [2.45, 2.75) is 70.7 Å². The molecule has 1 aromatic rings. The van der Waals surface area contributed by atoms with E-state index in [1.54, 1.807) is 12.1 Å². The zero-order chi connectivity index (χ0) is 18.7. The van der Waals surface area contributed by atoms with E-state index in [9.17, 15) is 9.59 Å². The van der Waals surface area contributed by atoms with Gasteiger partial charge in [-0.3, -0.25) is 14.5 Å². The molecule has 1 aliphatic rings. The van der Waals surface area contributed by atoms with Crippen LogP contribution >= 0.6 is 0 Å². The summed E-state index contributed by atoms with van der Waals surface area (Å²) in [6.45, 7) is 11.5. The maximum absolute atomic E-state index is 12.8. The van der Waals surface area contributed by atoms with Gasteiger partial charge >= 0.3 is 0 Å². The molecule has 0 N–H and O–H groups in total. The number of hydrogen-bond donors (Lipinski definition) is 0. The molecule has 1 aliphatic heterocycles. The monoisotopic (exact) mass is 361 g/mol. The Morgan fingerprint density at radius 3 is 2.40 bits per heavy atom. The maximum atomic E-state index is 12.8. The number of nitrogens with zero attached hydrogens (tertiary/aromatic N) is 1. The number of rotatable bonds is 3. The van der Waals surface area contributed by atoms with E-state index in [2.05, 4.69) is 33.9 Å². The highest BCUT2D eigenvalue weighted by molar-refractivity contribution is 6.74. The average Bonchev–Trinajstić information content (AvgIpc) is 2.51. The van der Waals surface area contributed by atoms with Crippen molar-refractivity contribution < 1.29 is 14.0 Å². The van der Waals surface area contributed by atoms with Gasteiger partial charge in [0, 0.05) is 12.1 Å². The Morgan fingerprint density at radius 2 is 1.80 bits per heavy atom. The highest BCUT2D eigenvalue weighted by Gasteiger charge is 2.40. The van der Waals surface area contributed by atoms with Crippen molar-refractivity contribution in [3.63, 3.8) is 0 Å². The molecule has 1 atom stereocenters. The topological polar surface area (TPSA) is 46.6 Å². The zero-order valence-electron chi connectivity index (χ0n) is 16.2. The first kappa shape index (κ1) is 19.9. The second kappa shape index (κ2) is 7.83. The summed E-state index contributed by atoms with van der Waals surface area (Å²) in [5.41, 5.74) is 0.568. The highest BCUT2D eigenvalue weighted by Crippen LogP contribution is 2.38. The molecule has 0 saturated carbocycles. The Morgan fingerprint density at radius 1 is 1.16 bits per heavy atom. The molecule has 25 heavy (non-hydrogen) atoms. The average molecular weight is 362 g/mol. The minimum absolute atomic E-state index is 0.0836. The Hall–Kier alpha value is -1.46. The molecule has 5 heteroatoms. The number of imide groups is 1. The first-order chi connectivity index (χ1) is 11.6. The van der Waals surface area contributed by atoms with Gasteiger partial charge in [0.25, 0.3) is 5.91 Å². The summed E-state index contributed by atoms with van der Waals surface area (Å²) in [5.74, 6) is -0.309. The van der Waals surface area contributed by atoms with Gasteiger partial charge in [-0.15, -0.1) is 0 Å². The molecule has 138 valence electrons. The Bertz CT molecular complexity index is 607. The van der Waals surface area contributed by atoms with E-state index >= 15 is 0 Å². The third kappa shape index (κ3) is 5.01. The molecular formula is C20H31NO3Si. The molecule has 0 aliphatic carbocycles. The number of benzene rings is 1. The predicted octanol–water partition coefficient (Wildman–Crippen LogP) is 4.62. The van der Waals surface area contributed by atoms with Crippen molar-refractivity contribution in [3.05, 3.63) is 35.9 Å². The number of carbonyl (C=O) groups excluding carboxylic acids is 2. The highest BCUT2D eigenvalue weighted by atomic mass is 28.4. The van der Waals surface area contributed by atoms with Gasteiger partial charge in [0.1, 0.15) is 0 Å². The zero-order valence-corrected chi connectivity index (χ0v) is 17.2. The fourth-order valence-electron chi connectivity index (χ4n) is 2.82. The fraction of sp³-hybridized carbons (Fsp3) is 0.600. The lowest BCUT2D eigenvalue weighted by Gasteiger charge is -2.40. The lowest BCUT2D eigenvalue weighted by Crippen LogP contribution is -2.47. The van der Waals surface area contributed by atoms with Gasteiger partial charge in [0.15, 0.2) is 8.32 Å². The van der Waals surface area contributed by atoms with Crippen LogP contribution in [0.2, 0.25) is 18.1 Å². The largest absolute Gasteiger partial charge is 0.413 e. The smallest absolute Gasteiger partial charge is 0.260 e. The molecule has 2 amide bonds. The van der Waals surface area contributed by atoms with Crippen molar-refractivity contribution in [1.29, 1.82) is 0 Å². The van der Waals surface area contributed by atoms with E-state index in [1.807, 2.05) is 18.2 Å². The maximum Gasteiger partial charge on any atom is 0.260 e. The molecule has 4 nitrogen and oxygen atoms in total. The molecule has 0 aromatic heterocycles. The van der Waals surface area contributed by atoms with Crippen LogP contribution in [0.5, 0.6) is 0 Å². The molecule has 2 rings (SSSR count). The first-order valence-electron chi connectivity index (χ1n) is 9.19. The van der Waals surface area contributed by atoms with Gasteiger partial charge in [-0.2, -0.15) is 0 Å². The van der Waals surface area contributed by atoms with Crippen LogP contribution in [0.1, 0.15) is 56.8 Å². The fourth-order valence-corrected chi connectivity index (χ4v) is 4.21. The Balaban J connectivity index is 2.11. The SMILES string of the molecule is CC(C)(C)[Si](C)(C)OC1CCCCN(C(=O)c2ccccc2)C(=O)C1. The number of likely N-dealkylation sites (tertiary alicyclic amines) is 1.